The van der Waals surface area contributed by atoms with Gasteiger partial charge in [0.25, 0.3) is 11.8 Å². The van der Waals surface area contributed by atoms with E-state index in [0.29, 0.717) is 53.7 Å². The molecule has 0 spiro atoms. The maximum absolute atomic E-state index is 13.9. The summed E-state index contributed by atoms with van der Waals surface area (Å²) in [5.41, 5.74) is 4.32. The van der Waals surface area contributed by atoms with E-state index in [0.717, 1.165) is 21.7 Å². The number of carbonyl (C=O) groups excluding carboxylic acids is 2. The molecule has 0 N–H and O–H groups in total. The van der Waals surface area contributed by atoms with Gasteiger partial charge < -0.3 is 14.2 Å². The van der Waals surface area contributed by atoms with Crippen LogP contribution in [-0.2, 0) is 16.0 Å². The molecule has 9 nitrogen and oxygen atoms in total. The summed E-state index contributed by atoms with van der Waals surface area (Å²) in [4.78, 5) is 28.3. The fourth-order valence-corrected chi connectivity index (χ4v) is 5.14. The van der Waals surface area contributed by atoms with Crippen LogP contribution in [0.3, 0.4) is 0 Å². The summed E-state index contributed by atoms with van der Waals surface area (Å²) in [6.45, 7) is 2.68. The van der Waals surface area contributed by atoms with Gasteiger partial charge in [-0.05, 0) is 73.0 Å². The molecule has 9 heteroatoms. The van der Waals surface area contributed by atoms with Gasteiger partial charge in [0.2, 0.25) is 0 Å². The minimum absolute atomic E-state index is 0.0584. The van der Waals surface area contributed by atoms with Crippen molar-refractivity contribution in [3.05, 3.63) is 107 Å². The van der Waals surface area contributed by atoms with Crippen LogP contribution >= 0.6 is 0 Å². The Bertz CT molecular complexity index is 1810. The second-order valence-electron chi connectivity index (χ2n) is 10.1. The lowest BCUT2D eigenvalue weighted by molar-refractivity contribution is -0.140. The van der Waals surface area contributed by atoms with Gasteiger partial charge in [-0.15, -0.1) is 0 Å². The molecule has 1 aromatic heterocycles. The predicted octanol–water partition coefficient (Wildman–Crippen LogP) is 5.15. The highest BCUT2D eigenvalue weighted by Gasteiger charge is 2.35. The summed E-state index contributed by atoms with van der Waals surface area (Å²) >= 11 is 0. The maximum atomic E-state index is 13.9. The van der Waals surface area contributed by atoms with Gasteiger partial charge >= 0.3 is 0 Å². The number of ether oxygens (including phenoxy) is 3. The van der Waals surface area contributed by atoms with Crippen molar-refractivity contribution in [3.63, 3.8) is 0 Å². The van der Waals surface area contributed by atoms with Crippen LogP contribution in [0.25, 0.3) is 23.0 Å². The Morgan fingerprint density at radius 3 is 2.44 bits per heavy atom. The number of hydrogen-bond donors (Lipinski definition) is 0. The first kappa shape index (κ1) is 27.5. The van der Waals surface area contributed by atoms with Crippen molar-refractivity contribution >= 4 is 17.9 Å². The first-order valence-electron chi connectivity index (χ1n) is 13.8. The van der Waals surface area contributed by atoms with Gasteiger partial charge in [0, 0.05) is 29.4 Å². The molecule has 0 fully saturated rings. The Kier molecular flexibility index (Phi) is 7.50. The molecule has 3 heterocycles. The van der Waals surface area contributed by atoms with Crippen LogP contribution in [0, 0.1) is 11.3 Å². The average molecular weight is 573 g/mol. The zero-order valence-electron chi connectivity index (χ0n) is 23.7. The first-order valence-corrected chi connectivity index (χ1v) is 13.8. The van der Waals surface area contributed by atoms with E-state index in [2.05, 4.69) is 0 Å². The number of carbonyl (C=O) groups is 2. The molecule has 0 radical (unpaired) electrons. The van der Waals surface area contributed by atoms with Crippen molar-refractivity contribution in [2.24, 2.45) is 0 Å². The molecule has 2 amide bonds. The lowest BCUT2D eigenvalue weighted by atomic mass is 9.93. The molecule has 0 saturated carbocycles. The van der Waals surface area contributed by atoms with Crippen LogP contribution < -0.4 is 14.2 Å². The van der Waals surface area contributed by atoms with E-state index in [9.17, 15) is 14.9 Å². The van der Waals surface area contributed by atoms with Crippen molar-refractivity contribution in [3.8, 4) is 40.3 Å². The third-order valence-electron chi connectivity index (χ3n) is 7.49. The van der Waals surface area contributed by atoms with Crippen molar-refractivity contribution in [1.82, 2.24) is 14.7 Å². The second-order valence-corrected chi connectivity index (χ2v) is 10.1. The van der Waals surface area contributed by atoms with E-state index in [-0.39, 0.29) is 17.7 Å². The monoisotopic (exact) mass is 572 g/mol. The van der Waals surface area contributed by atoms with E-state index in [1.807, 2.05) is 85.1 Å². The van der Waals surface area contributed by atoms with Gasteiger partial charge in [0.05, 0.1) is 12.8 Å². The van der Waals surface area contributed by atoms with Crippen molar-refractivity contribution in [2.45, 2.75) is 13.3 Å². The Morgan fingerprint density at radius 2 is 1.72 bits per heavy atom. The van der Waals surface area contributed by atoms with Crippen LogP contribution in [-0.4, -0.2) is 53.4 Å². The molecular formula is C34H28N4O5. The summed E-state index contributed by atoms with van der Waals surface area (Å²) in [5, 5.41) is 14.8. The van der Waals surface area contributed by atoms with E-state index >= 15 is 0 Å². The third-order valence-corrected chi connectivity index (χ3v) is 7.49. The quantitative estimate of drug-likeness (QED) is 0.223. The number of para-hydroxylation sites is 1. The van der Waals surface area contributed by atoms with Gasteiger partial charge in [0.15, 0.2) is 11.5 Å². The molecule has 6 rings (SSSR count). The summed E-state index contributed by atoms with van der Waals surface area (Å²) in [7, 11) is 1.59. The summed E-state index contributed by atoms with van der Waals surface area (Å²) in [5.74, 6) is 0.930. The topological polar surface area (TPSA) is 107 Å². The molecule has 2 aliphatic heterocycles. The fraction of sp³-hybridized carbons (Fsp3) is 0.176. The molecule has 0 aliphatic carbocycles. The molecule has 2 aliphatic rings. The minimum Gasteiger partial charge on any atom is -0.497 e. The van der Waals surface area contributed by atoms with Crippen LogP contribution in [0.15, 0.2) is 95.7 Å². The number of rotatable bonds is 7. The molecule has 43 heavy (non-hydrogen) atoms. The number of benzene rings is 3. The highest BCUT2D eigenvalue weighted by atomic mass is 16.6. The van der Waals surface area contributed by atoms with Crippen LogP contribution in [0.5, 0.6) is 17.2 Å². The van der Waals surface area contributed by atoms with E-state index < -0.39 is 11.8 Å². The molecule has 0 atom stereocenters. The lowest BCUT2D eigenvalue weighted by Crippen LogP contribution is -2.43. The lowest BCUT2D eigenvalue weighted by Gasteiger charge is -2.27. The summed E-state index contributed by atoms with van der Waals surface area (Å²) < 4.78 is 18.5. The Balaban J connectivity index is 1.41. The van der Waals surface area contributed by atoms with Gasteiger partial charge in [-0.25, -0.2) is 4.68 Å². The Morgan fingerprint density at radius 1 is 0.977 bits per heavy atom. The highest BCUT2D eigenvalue weighted by Crippen LogP contribution is 2.37. The number of amides is 2. The molecule has 0 saturated heterocycles. The fourth-order valence-electron chi connectivity index (χ4n) is 5.14. The summed E-state index contributed by atoms with van der Waals surface area (Å²) in [6, 6.07) is 24.7. The maximum Gasteiger partial charge on any atom is 0.271 e. The first-order chi connectivity index (χ1) is 21.0. The number of methoxy groups -OCH3 is 1. The van der Waals surface area contributed by atoms with Crippen molar-refractivity contribution in [1.29, 1.82) is 5.26 Å². The molecule has 214 valence electrons. The predicted molar refractivity (Wildman–Crippen MR) is 160 cm³/mol. The van der Waals surface area contributed by atoms with Crippen molar-refractivity contribution < 1.29 is 23.8 Å². The summed E-state index contributed by atoms with van der Waals surface area (Å²) in [6.07, 6.45) is 3.97. The van der Waals surface area contributed by atoms with Crippen LogP contribution in [0.4, 0.5) is 0 Å². The van der Waals surface area contributed by atoms with Crippen LogP contribution in [0.1, 0.15) is 18.1 Å². The standard InChI is InChI=1S/C34H28N4O5/c1-22-28(33(39)37(34(40)29(22)20-35)15-14-23-8-11-27(41-2)12-9-23)18-25-21-38(26-6-4-3-5-7-26)36-32(25)24-10-13-30-31(19-24)43-17-16-42-30/h3-13,18-19,21H,14-17H2,1-2H3/b28-18+. The molecule has 4 aromatic rings. The molecule has 3 aromatic carbocycles. The Hall–Kier alpha value is -5.62. The zero-order chi connectivity index (χ0) is 29.9. The second kappa shape index (κ2) is 11.7. The van der Waals surface area contributed by atoms with Crippen molar-refractivity contribution in [2.75, 3.05) is 26.9 Å². The normalized spacial score (nSPS) is 15.6. The van der Waals surface area contributed by atoms with E-state index in [4.69, 9.17) is 19.3 Å². The van der Waals surface area contributed by atoms with Gasteiger partial charge in [-0.2, -0.15) is 10.4 Å². The van der Waals surface area contributed by atoms with E-state index in [1.165, 1.54) is 0 Å². The van der Waals surface area contributed by atoms with Gasteiger partial charge in [-0.1, -0.05) is 30.3 Å². The number of aromatic nitrogens is 2. The Labute approximate surface area is 248 Å². The highest BCUT2D eigenvalue weighted by molar-refractivity contribution is 6.19. The average Bonchev–Trinajstić information content (AvgIpc) is 3.47. The molecular weight excluding hydrogens is 544 g/mol. The van der Waals surface area contributed by atoms with Gasteiger partial charge in [-0.3, -0.25) is 14.5 Å². The third kappa shape index (κ3) is 5.38. The number of hydrogen-bond acceptors (Lipinski definition) is 7. The number of nitriles is 1. The molecule has 0 unspecified atom stereocenters. The van der Waals surface area contributed by atoms with E-state index in [1.54, 1.807) is 24.8 Å². The largest absolute Gasteiger partial charge is 0.497 e. The van der Waals surface area contributed by atoms with Gasteiger partial charge in [0.1, 0.15) is 36.3 Å². The SMILES string of the molecule is COc1ccc(CCN2C(=O)C(C#N)=C(C)/C(=C\c3cn(-c4ccccc4)nc3-c3ccc4c(c3)OCCO4)C2=O)cc1. The number of nitrogens with zero attached hydrogens (tertiary/aromatic N) is 4. The molecule has 0 bridgehead atoms. The minimum atomic E-state index is -0.595. The zero-order valence-corrected chi connectivity index (χ0v) is 23.7. The smallest absolute Gasteiger partial charge is 0.271 e. The number of imide groups is 1. The van der Waals surface area contributed by atoms with Crippen LogP contribution in [0.2, 0.25) is 0 Å². The number of fused-ring (bicyclic) bond motifs is 1.